The molecule has 160 valence electrons. The molecule has 4 aromatic rings. The first-order valence-corrected chi connectivity index (χ1v) is 10.7. The highest BCUT2D eigenvalue weighted by Crippen LogP contribution is 2.31. The van der Waals surface area contributed by atoms with Gasteiger partial charge in [0, 0.05) is 25.8 Å². The number of likely N-dealkylation sites (tertiary alicyclic amines) is 1. The molecule has 7 heteroatoms. The average molecular weight is 425 g/mol. The number of ether oxygens (including phenoxy) is 2. The first-order valence-electron chi connectivity index (χ1n) is 10.7. The highest BCUT2D eigenvalue weighted by atomic mass is 16.5. The predicted molar refractivity (Wildman–Crippen MR) is 120 cm³/mol. The van der Waals surface area contributed by atoms with E-state index in [1.54, 1.807) is 0 Å². The van der Waals surface area contributed by atoms with Crippen molar-refractivity contribution in [1.82, 2.24) is 19.4 Å². The number of piperidine rings is 1. The smallest absolute Gasteiger partial charge is 0.247 e. The van der Waals surface area contributed by atoms with Gasteiger partial charge in [0.25, 0.3) is 0 Å². The predicted octanol–water partition coefficient (Wildman–Crippen LogP) is 5.21. The zero-order chi connectivity index (χ0) is 21.8. The van der Waals surface area contributed by atoms with Crippen molar-refractivity contribution in [3.63, 3.8) is 0 Å². The van der Waals surface area contributed by atoms with E-state index < -0.39 is 0 Å². The summed E-state index contributed by atoms with van der Waals surface area (Å²) in [6.45, 7) is 2.43. The molecule has 1 aliphatic rings. The fourth-order valence-corrected chi connectivity index (χ4v) is 4.12. The molecule has 0 N–H and O–H groups in total. The zero-order valence-electron chi connectivity index (χ0n) is 17.6. The molecule has 32 heavy (non-hydrogen) atoms. The van der Waals surface area contributed by atoms with Gasteiger partial charge in [0.1, 0.15) is 29.1 Å². The molecule has 0 bridgehead atoms. The molecule has 0 spiro atoms. The molecular formula is C25H23N5O2. The van der Waals surface area contributed by atoms with Crippen molar-refractivity contribution in [1.29, 1.82) is 5.26 Å². The van der Waals surface area contributed by atoms with Crippen LogP contribution < -0.4 is 9.47 Å². The second kappa shape index (κ2) is 8.98. The number of para-hydroxylation sites is 1. The Morgan fingerprint density at radius 2 is 1.69 bits per heavy atom. The van der Waals surface area contributed by atoms with Gasteiger partial charge in [-0.2, -0.15) is 10.2 Å². The summed E-state index contributed by atoms with van der Waals surface area (Å²) in [5, 5.41) is 9.24. The van der Waals surface area contributed by atoms with Gasteiger partial charge in [-0.1, -0.05) is 18.2 Å². The Labute approximate surface area is 186 Å². The minimum Gasteiger partial charge on any atom is -0.457 e. The van der Waals surface area contributed by atoms with Crippen molar-refractivity contribution < 1.29 is 9.47 Å². The maximum Gasteiger partial charge on any atom is 0.247 e. The summed E-state index contributed by atoms with van der Waals surface area (Å²) < 4.78 is 14.1. The lowest BCUT2D eigenvalue weighted by Gasteiger charge is -2.29. The summed E-state index contributed by atoms with van der Waals surface area (Å²) >= 11 is 0. The van der Waals surface area contributed by atoms with Crippen LogP contribution in [0.5, 0.6) is 23.1 Å². The fourth-order valence-electron chi connectivity index (χ4n) is 4.12. The first kappa shape index (κ1) is 19.9. The van der Waals surface area contributed by atoms with Crippen LogP contribution in [0.15, 0.2) is 73.2 Å². The quantitative estimate of drug-likeness (QED) is 0.395. The van der Waals surface area contributed by atoms with Gasteiger partial charge in [0.05, 0.1) is 5.52 Å². The molecule has 0 amide bonds. The molecule has 5 rings (SSSR count). The van der Waals surface area contributed by atoms with Crippen LogP contribution in [0.4, 0.5) is 0 Å². The summed E-state index contributed by atoms with van der Waals surface area (Å²) in [5.74, 6) is 3.12. The molecule has 3 heterocycles. The second-order valence-corrected chi connectivity index (χ2v) is 7.92. The van der Waals surface area contributed by atoms with E-state index in [0.29, 0.717) is 17.5 Å². The molecule has 0 aliphatic carbocycles. The lowest BCUT2D eigenvalue weighted by molar-refractivity contribution is 0.225. The third kappa shape index (κ3) is 4.35. The van der Waals surface area contributed by atoms with Crippen molar-refractivity contribution in [2.45, 2.75) is 19.4 Å². The lowest BCUT2D eigenvalue weighted by Crippen LogP contribution is -2.33. The Bertz CT molecular complexity index is 1230. The molecule has 1 atom stereocenters. The molecule has 1 aliphatic heterocycles. The van der Waals surface area contributed by atoms with E-state index in [-0.39, 0.29) is 0 Å². The zero-order valence-corrected chi connectivity index (χ0v) is 17.6. The second-order valence-electron chi connectivity index (χ2n) is 7.92. The minimum absolute atomic E-state index is 0.404. The van der Waals surface area contributed by atoms with E-state index in [0.717, 1.165) is 55.0 Å². The number of hydrogen-bond donors (Lipinski definition) is 0. The maximum atomic E-state index is 9.24. The SMILES string of the molecule is N#CN1CCCC(Cn2ccc3ncnc(Oc4ccc(Oc5ccccc5)cc4)c32)C1. The number of nitrogens with zero attached hydrogens (tertiary/aromatic N) is 5. The van der Waals surface area contributed by atoms with E-state index in [1.165, 1.54) is 6.33 Å². The number of aromatic nitrogens is 3. The Hall–Kier alpha value is -4.05. The number of nitriles is 1. The lowest BCUT2D eigenvalue weighted by atomic mass is 9.98. The Kier molecular flexibility index (Phi) is 5.58. The monoisotopic (exact) mass is 425 g/mol. The number of benzene rings is 2. The Morgan fingerprint density at radius 1 is 0.938 bits per heavy atom. The van der Waals surface area contributed by atoms with Gasteiger partial charge in [-0.3, -0.25) is 0 Å². The standard InChI is InChI=1S/C25H23N5O2/c26-17-29-13-4-5-19(15-29)16-30-14-12-23-24(30)25(28-18-27-23)32-22-10-8-21(9-11-22)31-20-6-2-1-3-7-20/h1-3,6-12,14,18-19H,4-5,13,15-16H2. The Balaban J connectivity index is 1.34. The molecule has 0 saturated carbocycles. The fraction of sp³-hybridized carbons (Fsp3) is 0.240. The van der Waals surface area contributed by atoms with Crippen molar-refractivity contribution in [3.8, 4) is 29.3 Å². The highest BCUT2D eigenvalue weighted by molar-refractivity contribution is 5.80. The number of rotatable bonds is 6. The maximum absolute atomic E-state index is 9.24. The van der Waals surface area contributed by atoms with E-state index >= 15 is 0 Å². The van der Waals surface area contributed by atoms with E-state index in [1.807, 2.05) is 71.8 Å². The number of fused-ring (bicyclic) bond motifs is 1. The molecule has 1 saturated heterocycles. The van der Waals surface area contributed by atoms with Gasteiger partial charge in [0.2, 0.25) is 5.88 Å². The molecular weight excluding hydrogens is 402 g/mol. The van der Waals surface area contributed by atoms with Gasteiger partial charge in [-0.25, -0.2) is 4.98 Å². The molecule has 0 radical (unpaired) electrons. The van der Waals surface area contributed by atoms with Crippen LogP contribution in [-0.2, 0) is 6.54 Å². The highest BCUT2D eigenvalue weighted by Gasteiger charge is 2.21. The van der Waals surface area contributed by atoms with Crippen LogP contribution in [0.3, 0.4) is 0 Å². The Morgan fingerprint density at radius 3 is 2.47 bits per heavy atom. The van der Waals surface area contributed by atoms with E-state index in [9.17, 15) is 5.26 Å². The average Bonchev–Trinajstić information content (AvgIpc) is 3.25. The molecule has 2 aromatic carbocycles. The van der Waals surface area contributed by atoms with Gasteiger partial charge in [0.15, 0.2) is 6.19 Å². The third-order valence-corrected chi connectivity index (χ3v) is 5.65. The minimum atomic E-state index is 0.404. The van der Waals surface area contributed by atoms with Crippen molar-refractivity contribution in [3.05, 3.63) is 73.2 Å². The summed E-state index contributed by atoms with van der Waals surface area (Å²) in [6.07, 6.45) is 7.96. The van der Waals surface area contributed by atoms with E-state index in [4.69, 9.17) is 9.47 Å². The van der Waals surface area contributed by atoms with Gasteiger partial charge >= 0.3 is 0 Å². The van der Waals surface area contributed by atoms with Crippen molar-refractivity contribution in [2.24, 2.45) is 5.92 Å². The molecule has 7 nitrogen and oxygen atoms in total. The van der Waals surface area contributed by atoms with Crippen LogP contribution in [0.1, 0.15) is 12.8 Å². The largest absolute Gasteiger partial charge is 0.457 e. The van der Waals surface area contributed by atoms with Crippen LogP contribution in [0.2, 0.25) is 0 Å². The van der Waals surface area contributed by atoms with Crippen molar-refractivity contribution in [2.75, 3.05) is 13.1 Å². The first-order chi connectivity index (χ1) is 15.8. The third-order valence-electron chi connectivity index (χ3n) is 5.65. The van der Waals surface area contributed by atoms with Gasteiger partial charge in [-0.05, 0) is 61.2 Å². The van der Waals surface area contributed by atoms with Crippen molar-refractivity contribution >= 4 is 11.0 Å². The van der Waals surface area contributed by atoms with E-state index in [2.05, 4.69) is 20.7 Å². The van der Waals surface area contributed by atoms with Gasteiger partial charge in [-0.15, -0.1) is 0 Å². The van der Waals surface area contributed by atoms with Crippen LogP contribution in [-0.4, -0.2) is 32.5 Å². The molecule has 1 fully saturated rings. The molecule has 2 aromatic heterocycles. The molecule has 1 unspecified atom stereocenters. The van der Waals surface area contributed by atoms with Crippen LogP contribution in [0, 0.1) is 17.4 Å². The topological polar surface area (TPSA) is 76.2 Å². The van der Waals surface area contributed by atoms with Crippen LogP contribution >= 0.6 is 0 Å². The normalized spacial score (nSPS) is 16.0. The summed E-state index contributed by atoms with van der Waals surface area (Å²) in [5.41, 5.74) is 1.71. The van der Waals surface area contributed by atoms with Crippen LogP contribution in [0.25, 0.3) is 11.0 Å². The van der Waals surface area contributed by atoms with Gasteiger partial charge < -0.3 is 18.9 Å². The number of hydrogen-bond acceptors (Lipinski definition) is 6. The summed E-state index contributed by atoms with van der Waals surface area (Å²) in [4.78, 5) is 10.6. The summed E-state index contributed by atoms with van der Waals surface area (Å²) in [7, 11) is 0. The summed E-state index contributed by atoms with van der Waals surface area (Å²) in [6, 6.07) is 19.1.